The Kier molecular flexibility index (Phi) is 4.56. The van der Waals surface area contributed by atoms with Crippen LogP contribution < -0.4 is 4.74 Å². The van der Waals surface area contributed by atoms with Crippen molar-refractivity contribution >= 4 is 16.8 Å². The first-order chi connectivity index (χ1) is 9.93. The SMILES string of the molecule is COc1ccc2[nH]cc(CC(=O)N(C(C)C)C(C)C)c2c1. The topological polar surface area (TPSA) is 45.3 Å². The molecule has 0 aliphatic heterocycles. The molecule has 0 spiro atoms. The molecular formula is C17H24N2O2. The van der Waals surface area contributed by atoms with Gasteiger partial charge >= 0.3 is 0 Å². The van der Waals surface area contributed by atoms with Crippen LogP contribution in [0.1, 0.15) is 33.3 Å². The molecular weight excluding hydrogens is 264 g/mol. The molecule has 1 heterocycles. The second-order valence-electron chi connectivity index (χ2n) is 5.89. The lowest BCUT2D eigenvalue weighted by Crippen LogP contribution is -2.42. The summed E-state index contributed by atoms with van der Waals surface area (Å²) >= 11 is 0. The number of nitrogens with zero attached hydrogens (tertiary/aromatic N) is 1. The van der Waals surface area contributed by atoms with Gasteiger partial charge in [-0.2, -0.15) is 0 Å². The second-order valence-corrected chi connectivity index (χ2v) is 5.89. The molecule has 0 atom stereocenters. The van der Waals surface area contributed by atoms with E-state index in [1.165, 1.54) is 0 Å². The summed E-state index contributed by atoms with van der Waals surface area (Å²) in [6, 6.07) is 6.28. The van der Waals surface area contributed by atoms with Gasteiger partial charge in [0.05, 0.1) is 13.5 Å². The van der Waals surface area contributed by atoms with Crippen LogP contribution in [0, 0.1) is 0 Å². The number of aromatic amines is 1. The molecule has 0 saturated heterocycles. The van der Waals surface area contributed by atoms with Crippen molar-refractivity contribution < 1.29 is 9.53 Å². The molecule has 0 fully saturated rings. The maximum Gasteiger partial charge on any atom is 0.227 e. The molecule has 1 amide bonds. The van der Waals surface area contributed by atoms with Crippen molar-refractivity contribution in [2.75, 3.05) is 7.11 Å². The van der Waals surface area contributed by atoms with Crippen LogP contribution in [-0.4, -0.2) is 35.0 Å². The number of benzene rings is 1. The molecule has 0 saturated carbocycles. The van der Waals surface area contributed by atoms with Crippen LogP contribution in [0.2, 0.25) is 0 Å². The van der Waals surface area contributed by atoms with Gasteiger partial charge in [0, 0.05) is 29.2 Å². The van der Waals surface area contributed by atoms with E-state index in [0.717, 1.165) is 22.2 Å². The van der Waals surface area contributed by atoms with Crippen LogP contribution >= 0.6 is 0 Å². The number of hydrogen-bond donors (Lipinski definition) is 1. The predicted molar refractivity (Wildman–Crippen MR) is 85.7 cm³/mol. The first-order valence-corrected chi connectivity index (χ1v) is 7.39. The highest BCUT2D eigenvalue weighted by atomic mass is 16.5. The maximum absolute atomic E-state index is 12.6. The number of carbonyl (C=O) groups is 1. The molecule has 21 heavy (non-hydrogen) atoms. The first-order valence-electron chi connectivity index (χ1n) is 7.39. The van der Waals surface area contributed by atoms with Gasteiger partial charge in [0.25, 0.3) is 0 Å². The van der Waals surface area contributed by atoms with E-state index in [-0.39, 0.29) is 18.0 Å². The van der Waals surface area contributed by atoms with Crippen LogP contribution in [0.15, 0.2) is 24.4 Å². The van der Waals surface area contributed by atoms with E-state index < -0.39 is 0 Å². The number of rotatable bonds is 5. The Morgan fingerprint density at radius 1 is 1.24 bits per heavy atom. The molecule has 0 bridgehead atoms. The Labute approximate surface area is 126 Å². The summed E-state index contributed by atoms with van der Waals surface area (Å²) in [4.78, 5) is 17.7. The minimum atomic E-state index is 0.156. The lowest BCUT2D eigenvalue weighted by Gasteiger charge is -2.30. The summed E-state index contributed by atoms with van der Waals surface area (Å²) in [6.07, 6.45) is 2.32. The monoisotopic (exact) mass is 288 g/mol. The first kappa shape index (κ1) is 15.4. The molecule has 0 unspecified atom stereocenters. The molecule has 2 rings (SSSR count). The van der Waals surface area contributed by atoms with Crippen LogP contribution in [0.25, 0.3) is 10.9 Å². The van der Waals surface area contributed by atoms with Crippen LogP contribution in [0.3, 0.4) is 0 Å². The molecule has 1 aromatic heterocycles. The third kappa shape index (κ3) is 3.20. The average molecular weight is 288 g/mol. The molecule has 0 aliphatic rings. The molecule has 0 radical (unpaired) electrons. The van der Waals surface area contributed by atoms with Gasteiger partial charge in [-0.05, 0) is 51.5 Å². The molecule has 4 nitrogen and oxygen atoms in total. The van der Waals surface area contributed by atoms with Crippen molar-refractivity contribution in [2.45, 2.75) is 46.2 Å². The summed E-state index contributed by atoms with van der Waals surface area (Å²) in [6.45, 7) is 8.21. The highest BCUT2D eigenvalue weighted by Gasteiger charge is 2.21. The van der Waals surface area contributed by atoms with E-state index in [1.807, 2.05) is 29.3 Å². The quantitative estimate of drug-likeness (QED) is 0.917. The van der Waals surface area contributed by atoms with Gasteiger partial charge in [-0.25, -0.2) is 0 Å². The zero-order chi connectivity index (χ0) is 15.6. The van der Waals surface area contributed by atoms with E-state index in [4.69, 9.17) is 4.74 Å². The van der Waals surface area contributed by atoms with Gasteiger partial charge < -0.3 is 14.6 Å². The number of nitrogens with one attached hydrogen (secondary N) is 1. The Balaban J connectivity index is 2.28. The summed E-state index contributed by atoms with van der Waals surface area (Å²) in [5, 5.41) is 1.05. The predicted octanol–water partition coefficient (Wildman–Crippen LogP) is 3.36. The number of hydrogen-bond acceptors (Lipinski definition) is 2. The summed E-state index contributed by atoms with van der Waals surface area (Å²) in [5.74, 6) is 0.962. The van der Waals surface area contributed by atoms with Crippen molar-refractivity contribution in [3.63, 3.8) is 0 Å². The van der Waals surface area contributed by atoms with Crippen LogP contribution in [0.4, 0.5) is 0 Å². The standard InChI is InChI=1S/C17H24N2O2/c1-11(2)19(12(3)4)17(20)8-13-10-18-16-7-6-14(21-5)9-15(13)16/h6-7,9-12,18H,8H2,1-5H3. The minimum absolute atomic E-state index is 0.156. The third-order valence-corrected chi connectivity index (χ3v) is 3.72. The Morgan fingerprint density at radius 3 is 2.48 bits per heavy atom. The lowest BCUT2D eigenvalue weighted by atomic mass is 10.1. The number of amides is 1. The summed E-state index contributed by atoms with van der Waals surface area (Å²) in [5.41, 5.74) is 2.04. The maximum atomic E-state index is 12.6. The molecule has 1 N–H and O–H groups in total. The summed E-state index contributed by atoms with van der Waals surface area (Å²) < 4.78 is 5.27. The fourth-order valence-electron chi connectivity index (χ4n) is 2.86. The molecule has 0 aliphatic carbocycles. The van der Waals surface area contributed by atoms with Gasteiger partial charge in [-0.15, -0.1) is 0 Å². The van der Waals surface area contributed by atoms with Crippen molar-refractivity contribution in [3.05, 3.63) is 30.0 Å². The number of methoxy groups -OCH3 is 1. The smallest absolute Gasteiger partial charge is 0.227 e. The fraction of sp³-hybridized carbons (Fsp3) is 0.471. The zero-order valence-corrected chi connectivity index (χ0v) is 13.4. The van der Waals surface area contributed by atoms with E-state index in [1.54, 1.807) is 7.11 Å². The van der Waals surface area contributed by atoms with Crippen molar-refractivity contribution in [1.29, 1.82) is 0 Å². The number of fused-ring (bicyclic) bond motifs is 1. The number of ether oxygens (including phenoxy) is 1. The Hall–Kier alpha value is -1.97. The molecule has 1 aromatic carbocycles. The van der Waals surface area contributed by atoms with E-state index in [0.29, 0.717) is 6.42 Å². The van der Waals surface area contributed by atoms with Crippen molar-refractivity contribution in [2.24, 2.45) is 0 Å². The third-order valence-electron chi connectivity index (χ3n) is 3.72. The normalized spacial score (nSPS) is 11.4. The van der Waals surface area contributed by atoms with Gasteiger partial charge in [0.15, 0.2) is 0 Å². The van der Waals surface area contributed by atoms with Gasteiger partial charge in [-0.1, -0.05) is 0 Å². The Morgan fingerprint density at radius 2 is 1.90 bits per heavy atom. The van der Waals surface area contributed by atoms with Crippen LogP contribution in [0.5, 0.6) is 5.75 Å². The second kappa shape index (κ2) is 6.20. The van der Waals surface area contributed by atoms with E-state index >= 15 is 0 Å². The van der Waals surface area contributed by atoms with Gasteiger partial charge in [0.1, 0.15) is 5.75 Å². The van der Waals surface area contributed by atoms with Gasteiger partial charge in [-0.3, -0.25) is 4.79 Å². The highest BCUT2D eigenvalue weighted by molar-refractivity contribution is 5.89. The number of aromatic nitrogens is 1. The number of H-pyrrole nitrogens is 1. The van der Waals surface area contributed by atoms with Crippen molar-refractivity contribution in [3.8, 4) is 5.75 Å². The van der Waals surface area contributed by atoms with Crippen molar-refractivity contribution in [1.82, 2.24) is 9.88 Å². The largest absolute Gasteiger partial charge is 0.497 e. The lowest BCUT2D eigenvalue weighted by molar-refractivity contribution is -0.134. The molecule has 114 valence electrons. The van der Waals surface area contributed by atoms with E-state index in [2.05, 4.69) is 32.7 Å². The zero-order valence-electron chi connectivity index (χ0n) is 13.4. The summed E-state index contributed by atoms with van der Waals surface area (Å²) in [7, 11) is 1.65. The minimum Gasteiger partial charge on any atom is -0.497 e. The van der Waals surface area contributed by atoms with Gasteiger partial charge in [0.2, 0.25) is 5.91 Å². The Bertz CT molecular complexity index is 621. The molecule has 4 heteroatoms. The van der Waals surface area contributed by atoms with E-state index in [9.17, 15) is 4.79 Å². The van der Waals surface area contributed by atoms with Crippen LogP contribution in [-0.2, 0) is 11.2 Å². The molecule has 2 aromatic rings. The highest BCUT2D eigenvalue weighted by Crippen LogP contribution is 2.24. The average Bonchev–Trinajstić information content (AvgIpc) is 2.80. The fourth-order valence-corrected chi connectivity index (χ4v) is 2.86. The number of carbonyl (C=O) groups excluding carboxylic acids is 1.